The summed E-state index contributed by atoms with van der Waals surface area (Å²) in [5, 5.41) is 4.82. The first-order chi connectivity index (χ1) is 11.5. The van der Waals surface area contributed by atoms with Gasteiger partial charge in [-0.25, -0.2) is 0 Å². The van der Waals surface area contributed by atoms with Crippen LogP contribution in [0, 0.1) is 13.8 Å². The van der Waals surface area contributed by atoms with Gasteiger partial charge in [-0.3, -0.25) is 19.7 Å². The molecular weight excluding hydrogens is 308 g/mol. The molecule has 1 aliphatic rings. The maximum absolute atomic E-state index is 12.1. The Labute approximate surface area is 138 Å². The number of aryl methyl sites for hydroxylation is 2. The van der Waals surface area contributed by atoms with Crippen LogP contribution in [0.15, 0.2) is 36.4 Å². The third kappa shape index (κ3) is 2.99. The highest BCUT2D eigenvalue weighted by molar-refractivity contribution is 6.24. The van der Waals surface area contributed by atoms with Crippen LogP contribution >= 0.6 is 0 Å². The Kier molecular flexibility index (Phi) is 4.04. The Balaban J connectivity index is 1.70. The molecule has 2 aromatic rings. The molecule has 0 saturated heterocycles. The molecule has 0 saturated carbocycles. The molecule has 0 spiro atoms. The first-order valence-electron chi connectivity index (χ1n) is 7.44. The lowest BCUT2D eigenvalue weighted by Crippen LogP contribution is -2.23. The van der Waals surface area contributed by atoms with Gasteiger partial charge in [0.05, 0.1) is 16.8 Å². The van der Waals surface area contributed by atoms with Crippen LogP contribution in [0.25, 0.3) is 0 Å². The van der Waals surface area contributed by atoms with Crippen molar-refractivity contribution in [2.24, 2.45) is 0 Å². The molecule has 0 aromatic heterocycles. The van der Waals surface area contributed by atoms with Crippen molar-refractivity contribution >= 4 is 23.4 Å². The van der Waals surface area contributed by atoms with Crippen LogP contribution in [-0.2, 0) is 4.79 Å². The number of nitrogens with one attached hydrogen (secondary N) is 2. The van der Waals surface area contributed by atoms with Gasteiger partial charge in [0.1, 0.15) is 5.75 Å². The standard InChI is InChI=1S/C18H16N2O4/c1-10-6-7-14(11(2)8-10)24-9-15(21)19-13-5-3-4-12-16(13)18(23)20-17(12)22/h3-8H,9H2,1-2H3,(H,19,21)(H,20,22,23). The van der Waals surface area contributed by atoms with Gasteiger partial charge in [0.2, 0.25) is 0 Å². The molecule has 2 aromatic carbocycles. The number of benzene rings is 2. The van der Waals surface area contributed by atoms with Gasteiger partial charge in [-0.05, 0) is 37.6 Å². The van der Waals surface area contributed by atoms with Gasteiger partial charge in [-0.2, -0.15) is 0 Å². The van der Waals surface area contributed by atoms with Gasteiger partial charge in [-0.15, -0.1) is 0 Å². The van der Waals surface area contributed by atoms with E-state index < -0.39 is 17.7 Å². The van der Waals surface area contributed by atoms with Crippen molar-refractivity contribution in [2.45, 2.75) is 13.8 Å². The van der Waals surface area contributed by atoms with Gasteiger partial charge in [-0.1, -0.05) is 23.8 Å². The molecule has 3 rings (SSSR count). The second-order valence-electron chi connectivity index (χ2n) is 5.62. The molecule has 1 aliphatic heterocycles. The number of carbonyl (C=O) groups is 3. The van der Waals surface area contributed by atoms with Gasteiger partial charge in [0, 0.05) is 0 Å². The Morgan fingerprint density at radius 3 is 2.67 bits per heavy atom. The summed E-state index contributed by atoms with van der Waals surface area (Å²) < 4.78 is 5.51. The van der Waals surface area contributed by atoms with Gasteiger partial charge < -0.3 is 10.1 Å². The Hall–Kier alpha value is -3.15. The number of anilines is 1. The van der Waals surface area contributed by atoms with E-state index in [-0.39, 0.29) is 17.7 Å². The molecule has 6 nitrogen and oxygen atoms in total. The monoisotopic (exact) mass is 324 g/mol. The molecule has 2 N–H and O–H groups in total. The fraction of sp³-hybridized carbons (Fsp3) is 0.167. The van der Waals surface area contributed by atoms with Crippen molar-refractivity contribution < 1.29 is 19.1 Å². The predicted octanol–water partition coefficient (Wildman–Crippen LogP) is 2.20. The SMILES string of the molecule is Cc1ccc(OCC(=O)Nc2cccc3c2C(=O)NC3=O)c(C)c1. The lowest BCUT2D eigenvalue weighted by Gasteiger charge is -2.11. The number of hydrogen-bond donors (Lipinski definition) is 2. The van der Waals surface area contributed by atoms with Crippen LogP contribution in [-0.4, -0.2) is 24.3 Å². The second kappa shape index (κ2) is 6.16. The average Bonchev–Trinajstić information content (AvgIpc) is 2.82. The molecule has 3 amide bonds. The topological polar surface area (TPSA) is 84.5 Å². The number of imide groups is 1. The van der Waals surface area contributed by atoms with Crippen LogP contribution in [0.2, 0.25) is 0 Å². The maximum atomic E-state index is 12.1. The molecule has 0 aliphatic carbocycles. The third-order valence-corrected chi connectivity index (χ3v) is 3.73. The first-order valence-corrected chi connectivity index (χ1v) is 7.44. The maximum Gasteiger partial charge on any atom is 0.262 e. The molecule has 0 unspecified atom stereocenters. The van der Waals surface area contributed by atoms with E-state index in [1.54, 1.807) is 12.1 Å². The highest BCUT2D eigenvalue weighted by Crippen LogP contribution is 2.24. The summed E-state index contributed by atoms with van der Waals surface area (Å²) in [4.78, 5) is 35.5. The zero-order valence-electron chi connectivity index (χ0n) is 13.3. The van der Waals surface area contributed by atoms with Crippen LogP contribution in [0.4, 0.5) is 5.69 Å². The summed E-state index contributed by atoms with van der Waals surface area (Å²) in [5.74, 6) is -0.753. The zero-order valence-corrected chi connectivity index (χ0v) is 13.3. The molecule has 1 heterocycles. The van der Waals surface area contributed by atoms with E-state index in [1.807, 2.05) is 32.0 Å². The number of hydrogen-bond acceptors (Lipinski definition) is 4. The van der Waals surface area contributed by atoms with E-state index in [9.17, 15) is 14.4 Å². The first kappa shape index (κ1) is 15.7. The second-order valence-corrected chi connectivity index (χ2v) is 5.62. The minimum absolute atomic E-state index is 0.183. The van der Waals surface area contributed by atoms with Gasteiger partial charge in [0.25, 0.3) is 17.7 Å². The van der Waals surface area contributed by atoms with Gasteiger partial charge in [0.15, 0.2) is 6.61 Å². The number of fused-ring (bicyclic) bond motifs is 1. The van der Waals surface area contributed by atoms with E-state index in [4.69, 9.17) is 4.74 Å². The summed E-state index contributed by atoms with van der Waals surface area (Å²) in [6.07, 6.45) is 0. The fourth-order valence-electron chi connectivity index (χ4n) is 2.61. The molecule has 0 fully saturated rings. The molecule has 24 heavy (non-hydrogen) atoms. The molecule has 0 radical (unpaired) electrons. The summed E-state index contributed by atoms with van der Waals surface area (Å²) in [7, 11) is 0. The quantitative estimate of drug-likeness (QED) is 0.845. The molecule has 6 heteroatoms. The van der Waals surface area contributed by atoms with Crippen molar-refractivity contribution in [2.75, 3.05) is 11.9 Å². The van der Waals surface area contributed by atoms with E-state index in [1.165, 1.54) is 6.07 Å². The summed E-state index contributed by atoms with van der Waals surface area (Å²) in [6, 6.07) is 10.4. The van der Waals surface area contributed by atoms with E-state index >= 15 is 0 Å². The minimum Gasteiger partial charge on any atom is -0.483 e. The van der Waals surface area contributed by atoms with Crippen LogP contribution in [0.1, 0.15) is 31.8 Å². The number of amides is 3. The summed E-state index contributed by atoms with van der Waals surface area (Å²) in [5.41, 5.74) is 2.79. The van der Waals surface area contributed by atoms with Crippen molar-refractivity contribution in [3.8, 4) is 5.75 Å². The van der Waals surface area contributed by atoms with Crippen LogP contribution in [0.5, 0.6) is 5.75 Å². The third-order valence-electron chi connectivity index (χ3n) is 3.73. The van der Waals surface area contributed by atoms with E-state index in [0.29, 0.717) is 11.4 Å². The van der Waals surface area contributed by atoms with Crippen molar-refractivity contribution in [1.29, 1.82) is 0 Å². The average molecular weight is 324 g/mol. The van der Waals surface area contributed by atoms with Crippen molar-refractivity contribution in [3.05, 3.63) is 58.7 Å². The van der Waals surface area contributed by atoms with E-state index in [2.05, 4.69) is 10.6 Å². The van der Waals surface area contributed by atoms with Crippen LogP contribution in [0.3, 0.4) is 0 Å². The zero-order chi connectivity index (χ0) is 17.3. The highest BCUT2D eigenvalue weighted by Gasteiger charge is 2.29. The van der Waals surface area contributed by atoms with Crippen LogP contribution < -0.4 is 15.4 Å². The molecular formula is C18H16N2O4. The highest BCUT2D eigenvalue weighted by atomic mass is 16.5. The Morgan fingerprint density at radius 1 is 1.12 bits per heavy atom. The lowest BCUT2D eigenvalue weighted by atomic mass is 10.1. The number of rotatable bonds is 4. The smallest absolute Gasteiger partial charge is 0.262 e. The van der Waals surface area contributed by atoms with Crippen molar-refractivity contribution in [1.82, 2.24) is 5.32 Å². The molecule has 0 bridgehead atoms. The fourth-order valence-corrected chi connectivity index (χ4v) is 2.61. The Morgan fingerprint density at radius 2 is 1.92 bits per heavy atom. The normalized spacial score (nSPS) is 12.6. The van der Waals surface area contributed by atoms with Gasteiger partial charge >= 0.3 is 0 Å². The Bertz CT molecular complexity index is 858. The largest absolute Gasteiger partial charge is 0.483 e. The van der Waals surface area contributed by atoms with Crippen molar-refractivity contribution in [3.63, 3.8) is 0 Å². The predicted molar refractivity (Wildman–Crippen MR) is 88.3 cm³/mol. The number of carbonyl (C=O) groups excluding carboxylic acids is 3. The summed E-state index contributed by atoms with van der Waals surface area (Å²) >= 11 is 0. The lowest BCUT2D eigenvalue weighted by molar-refractivity contribution is -0.118. The molecule has 0 atom stereocenters. The summed E-state index contributed by atoms with van der Waals surface area (Å²) in [6.45, 7) is 3.69. The van der Waals surface area contributed by atoms with E-state index in [0.717, 1.165) is 11.1 Å². The number of ether oxygens (including phenoxy) is 1. The molecule has 122 valence electrons. The minimum atomic E-state index is -0.513.